The third-order valence-corrected chi connectivity index (χ3v) is 3.78. The molecule has 2 aromatic rings. The van der Waals surface area contributed by atoms with Crippen molar-refractivity contribution < 1.29 is 18.7 Å². The summed E-state index contributed by atoms with van der Waals surface area (Å²) in [6.45, 7) is 4.63. The zero-order valence-electron chi connectivity index (χ0n) is 15.5. The second-order valence-corrected chi connectivity index (χ2v) is 5.52. The van der Waals surface area contributed by atoms with E-state index in [2.05, 4.69) is 34.0 Å². The maximum Gasteiger partial charge on any atom is 0.360 e. The van der Waals surface area contributed by atoms with Crippen molar-refractivity contribution in [2.45, 2.75) is 26.7 Å². The van der Waals surface area contributed by atoms with Gasteiger partial charge in [-0.2, -0.15) is 0 Å². The van der Waals surface area contributed by atoms with Gasteiger partial charge < -0.3 is 13.9 Å². The molecule has 0 radical (unpaired) electrons. The van der Waals surface area contributed by atoms with E-state index in [4.69, 9.17) is 9.15 Å². The smallest absolute Gasteiger partial charge is 0.360 e. The third kappa shape index (κ3) is 5.34. The Morgan fingerprint density at radius 1 is 1.31 bits per heavy atom. The largest absolute Gasteiger partial charge is 0.493 e. The van der Waals surface area contributed by atoms with Gasteiger partial charge in [0.2, 0.25) is 5.89 Å². The molecule has 1 aliphatic rings. The molecular weight excluding hydrogens is 330 g/mol. The number of benzene rings is 1. The van der Waals surface area contributed by atoms with Crippen molar-refractivity contribution in [3.05, 3.63) is 60.5 Å². The van der Waals surface area contributed by atoms with E-state index in [0.29, 0.717) is 18.4 Å². The van der Waals surface area contributed by atoms with Gasteiger partial charge in [0.1, 0.15) is 12.0 Å². The predicted octanol–water partition coefficient (Wildman–Crippen LogP) is 5.06. The fraction of sp³-hybridized carbons (Fsp3) is 0.333. The van der Waals surface area contributed by atoms with Crippen LogP contribution in [0.3, 0.4) is 0 Å². The third-order valence-electron chi connectivity index (χ3n) is 3.78. The van der Waals surface area contributed by atoms with Crippen LogP contribution in [0.4, 0.5) is 0 Å². The molecular formula is C21H25NO4. The van der Waals surface area contributed by atoms with Crippen molar-refractivity contribution in [1.29, 1.82) is 0 Å². The zero-order chi connectivity index (χ0) is 18.8. The molecule has 1 unspecified atom stereocenters. The molecule has 0 saturated carbocycles. The topological polar surface area (TPSA) is 61.6 Å². The van der Waals surface area contributed by atoms with Crippen LogP contribution in [-0.2, 0) is 4.74 Å². The molecule has 0 spiro atoms. The molecule has 0 saturated heterocycles. The number of nitrogens with zero attached hydrogens (tertiary/aromatic N) is 1. The highest BCUT2D eigenvalue weighted by atomic mass is 16.5. The molecule has 5 nitrogen and oxygen atoms in total. The number of ether oxygens (including phenoxy) is 2. The van der Waals surface area contributed by atoms with Crippen molar-refractivity contribution in [3.63, 3.8) is 0 Å². The van der Waals surface area contributed by atoms with Crippen molar-refractivity contribution in [2.24, 2.45) is 5.92 Å². The van der Waals surface area contributed by atoms with Gasteiger partial charge in [-0.3, -0.25) is 0 Å². The zero-order valence-corrected chi connectivity index (χ0v) is 15.5. The Morgan fingerprint density at radius 2 is 2.15 bits per heavy atom. The number of esters is 1. The van der Waals surface area contributed by atoms with Crippen LogP contribution in [0.1, 0.15) is 37.2 Å². The van der Waals surface area contributed by atoms with Gasteiger partial charge >= 0.3 is 5.97 Å². The Balaban J connectivity index is 0.00000117. The SMILES string of the molecule is CC.COC(=O)c1coc(-c2cccc(OCC3C=CC=CCC3)c2)n1. The Morgan fingerprint density at radius 3 is 2.96 bits per heavy atom. The highest BCUT2D eigenvalue weighted by Crippen LogP contribution is 2.24. The molecule has 1 aliphatic carbocycles. The summed E-state index contributed by atoms with van der Waals surface area (Å²) < 4.78 is 15.9. The van der Waals surface area contributed by atoms with Gasteiger partial charge in [0.15, 0.2) is 5.69 Å². The summed E-state index contributed by atoms with van der Waals surface area (Å²) >= 11 is 0. The monoisotopic (exact) mass is 355 g/mol. The van der Waals surface area contributed by atoms with E-state index in [1.54, 1.807) is 0 Å². The quantitative estimate of drug-likeness (QED) is 0.702. The summed E-state index contributed by atoms with van der Waals surface area (Å²) in [4.78, 5) is 15.6. The second kappa shape index (κ2) is 10.2. The first-order chi connectivity index (χ1) is 12.8. The van der Waals surface area contributed by atoms with Gasteiger partial charge in [-0.25, -0.2) is 9.78 Å². The summed E-state index contributed by atoms with van der Waals surface area (Å²) in [7, 11) is 1.31. The Kier molecular flexibility index (Phi) is 7.68. The van der Waals surface area contributed by atoms with E-state index >= 15 is 0 Å². The average molecular weight is 355 g/mol. The number of hydrogen-bond acceptors (Lipinski definition) is 5. The number of hydrogen-bond donors (Lipinski definition) is 0. The van der Waals surface area contributed by atoms with Crippen LogP contribution in [0.25, 0.3) is 11.5 Å². The van der Waals surface area contributed by atoms with E-state index in [-0.39, 0.29) is 5.69 Å². The van der Waals surface area contributed by atoms with Gasteiger partial charge in [0.25, 0.3) is 0 Å². The Labute approximate surface area is 154 Å². The summed E-state index contributed by atoms with van der Waals surface area (Å²) in [5.41, 5.74) is 0.899. The minimum atomic E-state index is -0.522. The lowest BCUT2D eigenvalue weighted by molar-refractivity contribution is 0.0594. The fourth-order valence-corrected chi connectivity index (χ4v) is 2.47. The maximum absolute atomic E-state index is 11.4. The minimum Gasteiger partial charge on any atom is -0.493 e. The molecule has 0 N–H and O–H groups in total. The van der Waals surface area contributed by atoms with E-state index in [0.717, 1.165) is 24.2 Å². The molecule has 138 valence electrons. The molecule has 1 aromatic carbocycles. The molecule has 1 aromatic heterocycles. The van der Waals surface area contributed by atoms with Crippen LogP contribution in [0.15, 0.2) is 59.2 Å². The molecule has 26 heavy (non-hydrogen) atoms. The number of aromatic nitrogens is 1. The summed E-state index contributed by atoms with van der Waals surface area (Å²) in [5.74, 6) is 0.984. The van der Waals surface area contributed by atoms with E-state index in [9.17, 15) is 4.79 Å². The number of carbonyl (C=O) groups is 1. The van der Waals surface area contributed by atoms with Crippen LogP contribution in [0.5, 0.6) is 5.75 Å². The molecule has 1 heterocycles. The summed E-state index contributed by atoms with van der Waals surface area (Å²) in [5, 5.41) is 0. The molecule has 0 bridgehead atoms. The minimum absolute atomic E-state index is 0.148. The fourth-order valence-electron chi connectivity index (χ4n) is 2.47. The predicted molar refractivity (Wildman–Crippen MR) is 101 cm³/mol. The van der Waals surface area contributed by atoms with Gasteiger partial charge in [0, 0.05) is 11.5 Å². The number of methoxy groups -OCH3 is 1. The maximum atomic E-state index is 11.4. The standard InChI is InChI=1S/C19H19NO4.C2H6/c1-22-19(21)17-13-24-18(20-17)15-9-6-10-16(11-15)23-12-14-7-4-2-3-5-8-14;1-2/h2-4,6-7,9-11,13-14H,5,8,12H2,1H3;1-2H3. The molecule has 0 fully saturated rings. The highest BCUT2D eigenvalue weighted by Gasteiger charge is 2.14. The second-order valence-electron chi connectivity index (χ2n) is 5.52. The van der Waals surface area contributed by atoms with Crippen LogP contribution < -0.4 is 4.74 Å². The molecule has 1 atom stereocenters. The van der Waals surface area contributed by atoms with Crippen molar-refractivity contribution >= 4 is 5.97 Å². The van der Waals surface area contributed by atoms with E-state index < -0.39 is 5.97 Å². The van der Waals surface area contributed by atoms with Crippen molar-refractivity contribution in [1.82, 2.24) is 4.98 Å². The lowest BCUT2D eigenvalue weighted by Gasteiger charge is -2.13. The van der Waals surface area contributed by atoms with Crippen molar-refractivity contribution in [3.8, 4) is 17.2 Å². The Hall–Kier alpha value is -2.82. The normalized spacial score (nSPS) is 15.6. The summed E-state index contributed by atoms with van der Waals surface area (Å²) in [6.07, 6.45) is 11.9. The summed E-state index contributed by atoms with van der Waals surface area (Å²) in [6, 6.07) is 7.48. The number of carbonyl (C=O) groups excluding carboxylic acids is 1. The molecule has 0 aliphatic heterocycles. The van der Waals surface area contributed by atoms with Crippen LogP contribution >= 0.6 is 0 Å². The first-order valence-electron chi connectivity index (χ1n) is 8.86. The van der Waals surface area contributed by atoms with Gasteiger partial charge in [-0.15, -0.1) is 0 Å². The number of rotatable bonds is 5. The van der Waals surface area contributed by atoms with Crippen LogP contribution in [0, 0.1) is 5.92 Å². The number of allylic oxidation sites excluding steroid dienone is 3. The average Bonchev–Trinajstić information content (AvgIpc) is 3.05. The van der Waals surface area contributed by atoms with Crippen LogP contribution in [0.2, 0.25) is 0 Å². The lowest BCUT2D eigenvalue weighted by Crippen LogP contribution is -2.09. The number of oxazole rings is 1. The highest BCUT2D eigenvalue weighted by molar-refractivity contribution is 5.87. The van der Waals surface area contributed by atoms with Gasteiger partial charge in [-0.05, 0) is 31.0 Å². The molecule has 3 rings (SSSR count). The first-order valence-corrected chi connectivity index (χ1v) is 8.86. The van der Waals surface area contributed by atoms with Crippen LogP contribution in [-0.4, -0.2) is 24.7 Å². The molecule has 0 amide bonds. The molecule has 5 heteroatoms. The van der Waals surface area contributed by atoms with E-state index in [1.807, 2.05) is 38.1 Å². The van der Waals surface area contributed by atoms with Gasteiger partial charge in [-0.1, -0.05) is 44.2 Å². The lowest BCUT2D eigenvalue weighted by atomic mass is 10.1. The van der Waals surface area contributed by atoms with Crippen molar-refractivity contribution in [2.75, 3.05) is 13.7 Å². The van der Waals surface area contributed by atoms with E-state index in [1.165, 1.54) is 13.4 Å². The Bertz CT molecular complexity index is 761. The first kappa shape index (κ1) is 19.5. The van der Waals surface area contributed by atoms with Gasteiger partial charge in [0.05, 0.1) is 13.7 Å².